The number of aryl methyl sites for hydroxylation is 1. The van der Waals surface area contributed by atoms with E-state index in [1.807, 2.05) is 30.3 Å². The maximum atomic E-state index is 14.0. The van der Waals surface area contributed by atoms with Crippen LogP contribution in [0.3, 0.4) is 0 Å². The zero-order valence-electron chi connectivity index (χ0n) is 16.3. The molecule has 0 aliphatic carbocycles. The normalized spacial score (nSPS) is 11.8. The molecule has 5 nitrogen and oxygen atoms in total. The first kappa shape index (κ1) is 19.8. The first-order valence-electron chi connectivity index (χ1n) is 9.54. The van der Waals surface area contributed by atoms with Gasteiger partial charge >= 0.3 is 0 Å². The molecule has 0 fully saturated rings. The van der Waals surface area contributed by atoms with E-state index in [1.165, 1.54) is 29.7 Å². The highest BCUT2D eigenvalue weighted by molar-refractivity contribution is 7.16. The predicted molar refractivity (Wildman–Crippen MR) is 116 cm³/mol. The summed E-state index contributed by atoms with van der Waals surface area (Å²) in [5, 5.41) is 7.01. The summed E-state index contributed by atoms with van der Waals surface area (Å²) in [6.07, 6.45) is 3.96. The fourth-order valence-electron chi connectivity index (χ4n) is 3.14. The Morgan fingerprint density at radius 1 is 1.17 bits per heavy atom. The molecule has 3 aromatic heterocycles. The van der Waals surface area contributed by atoms with Crippen LogP contribution in [0.15, 0.2) is 77.5 Å². The molecule has 0 saturated carbocycles. The molecular formula is C23H20FN3O2S. The molecule has 0 unspecified atom stereocenters. The van der Waals surface area contributed by atoms with Gasteiger partial charge in [-0.25, -0.2) is 9.37 Å². The van der Waals surface area contributed by atoms with Crippen LogP contribution in [0.2, 0.25) is 0 Å². The van der Waals surface area contributed by atoms with Gasteiger partial charge in [0.15, 0.2) is 5.76 Å². The molecule has 4 aromatic rings. The number of aromatic nitrogens is 1. The van der Waals surface area contributed by atoms with Crippen molar-refractivity contribution in [2.24, 2.45) is 0 Å². The molecule has 0 radical (unpaired) electrons. The van der Waals surface area contributed by atoms with Crippen LogP contribution in [0.25, 0.3) is 0 Å². The number of pyridine rings is 1. The third-order valence-corrected chi connectivity index (χ3v) is 5.79. The van der Waals surface area contributed by atoms with Crippen molar-refractivity contribution in [1.29, 1.82) is 0 Å². The number of carbonyl (C=O) groups excluding carboxylic acids is 1. The van der Waals surface area contributed by atoms with Crippen molar-refractivity contribution in [3.8, 4) is 0 Å². The molecule has 4 rings (SSSR count). The van der Waals surface area contributed by atoms with Crippen molar-refractivity contribution in [2.75, 3.05) is 10.6 Å². The van der Waals surface area contributed by atoms with Crippen molar-refractivity contribution in [3.63, 3.8) is 0 Å². The van der Waals surface area contributed by atoms with E-state index in [0.717, 1.165) is 22.4 Å². The number of thiophene rings is 1. The molecular weight excluding hydrogens is 401 g/mol. The van der Waals surface area contributed by atoms with Gasteiger partial charge < -0.3 is 15.1 Å². The Balaban J connectivity index is 1.75. The molecule has 0 spiro atoms. The van der Waals surface area contributed by atoms with E-state index < -0.39 is 6.04 Å². The number of carbonyl (C=O) groups is 1. The third-order valence-electron chi connectivity index (χ3n) is 4.58. The Labute approximate surface area is 177 Å². The number of hydrogen-bond acceptors (Lipinski definition) is 5. The monoisotopic (exact) mass is 421 g/mol. The number of nitrogens with zero attached hydrogens (tertiary/aromatic N) is 1. The lowest BCUT2D eigenvalue weighted by Crippen LogP contribution is -2.17. The average molecular weight is 421 g/mol. The second-order valence-corrected chi connectivity index (χ2v) is 7.77. The number of anilines is 2. The smallest absolute Gasteiger partial charge is 0.291 e. The van der Waals surface area contributed by atoms with Gasteiger partial charge in [0.2, 0.25) is 0 Å². The summed E-state index contributed by atoms with van der Waals surface area (Å²) in [4.78, 5) is 18.1. The molecule has 1 aromatic carbocycles. The van der Waals surface area contributed by atoms with Crippen molar-refractivity contribution < 1.29 is 13.6 Å². The van der Waals surface area contributed by atoms with Gasteiger partial charge in [-0.1, -0.05) is 25.1 Å². The molecule has 0 saturated heterocycles. The summed E-state index contributed by atoms with van der Waals surface area (Å²) >= 11 is 1.50. The number of rotatable bonds is 7. The molecule has 152 valence electrons. The number of furan rings is 1. The van der Waals surface area contributed by atoms with Gasteiger partial charge in [0, 0.05) is 16.6 Å². The van der Waals surface area contributed by atoms with Gasteiger partial charge in [0.25, 0.3) is 5.91 Å². The van der Waals surface area contributed by atoms with E-state index in [4.69, 9.17) is 4.42 Å². The zero-order chi connectivity index (χ0) is 20.9. The van der Waals surface area contributed by atoms with Crippen LogP contribution >= 0.6 is 11.3 Å². The second-order valence-electron chi connectivity index (χ2n) is 6.63. The van der Waals surface area contributed by atoms with Crippen molar-refractivity contribution >= 4 is 28.1 Å². The van der Waals surface area contributed by atoms with E-state index in [0.29, 0.717) is 10.8 Å². The van der Waals surface area contributed by atoms with Gasteiger partial charge in [0.05, 0.1) is 12.3 Å². The molecule has 0 aliphatic heterocycles. The topological polar surface area (TPSA) is 67.2 Å². The van der Waals surface area contributed by atoms with Gasteiger partial charge in [-0.15, -0.1) is 11.3 Å². The lowest BCUT2D eigenvalue weighted by molar-refractivity contribution is 0.0997. The lowest BCUT2D eigenvalue weighted by Gasteiger charge is -2.21. The van der Waals surface area contributed by atoms with E-state index >= 15 is 0 Å². The van der Waals surface area contributed by atoms with Gasteiger partial charge in [-0.2, -0.15) is 0 Å². The molecule has 3 heterocycles. The van der Waals surface area contributed by atoms with E-state index in [-0.39, 0.29) is 17.5 Å². The van der Waals surface area contributed by atoms with Crippen LogP contribution < -0.4 is 10.6 Å². The highest BCUT2D eigenvalue weighted by Gasteiger charge is 2.23. The molecule has 2 N–H and O–H groups in total. The first-order valence-corrected chi connectivity index (χ1v) is 10.4. The highest BCUT2D eigenvalue weighted by atomic mass is 32.1. The molecule has 30 heavy (non-hydrogen) atoms. The van der Waals surface area contributed by atoms with Gasteiger partial charge in [0.1, 0.15) is 16.6 Å². The molecule has 1 amide bonds. The second kappa shape index (κ2) is 8.92. The summed E-state index contributed by atoms with van der Waals surface area (Å²) in [7, 11) is 0. The van der Waals surface area contributed by atoms with Gasteiger partial charge in [-0.05, 0) is 54.4 Å². The predicted octanol–water partition coefficient (Wildman–Crippen LogP) is 5.89. The average Bonchev–Trinajstić information content (AvgIpc) is 3.43. The van der Waals surface area contributed by atoms with Crippen molar-refractivity contribution in [2.45, 2.75) is 19.4 Å². The molecule has 0 bridgehead atoms. The minimum atomic E-state index is -0.404. The number of amides is 1. The molecule has 0 aliphatic rings. The van der Waals surface area contributed by atoms with E-state index in [2.05, 4.69) is 22.5 Å². The minimum Gasteiger partial charge on any atom is -0.459 e. The van der Waals surface area contributed by atoms with Crippen LogP contribution in [0.5, 0.6) is 0 Å². The highest BCUT2D eigenvalue weighted by Crippen LogP contribution is 2.38. The number of benzene rings is 1. The number of halogens is 1. The Kier molecular flexibility index (Phi) is 5.90. The third kappa shape index (κ3) is 4.41. The number of hydrogen-bond donors (Lipinski definition) is 2. The standard InChI is InChI=1S/C23H20FN3O2S/c1-2-17-14-18(23(30-17)27-22(28)19-9-6-12-29-19)21(15-7-5-8-16(24)13-15)26-20-10-3-4-11-25-20/h3-14,21H,2H2,1H3,(H,25,26)(H,27,28)/t21-/m0/s1. The minimum absolute atomic E-state index is 0.229. The summed E-state index contributed by atoms with van der Waals surface area (Å²) in [5.74, 6) is 0.223. The van der Waals surface area contributed by atoms with Crippen LogP contribution in [0.1, 0.15) is 39.5 Å². The van der Waals surface area contributed by atoms with Crippen molar-refractivity contribution in [3.05, 3.63) is 101 Å². The zero-order valence-corrected chi connectivity index (χ0v) is 17.1. The van der Waals surface area contributed by atoms with Crippen molar-refractivity contribution in [1.82, 2.24) is 4.98 Å². The SMILES string of the molecule is CCc1cc([C@@H](Nc2ccccn2)c2cccc(F)c2)c(NC(=O)c2ccco2)s1. The van der Waals surface area contributed by atoms with Crippen LogP contribution in [-0.2, 0) is 6.42 Å². The van der Waals surface area contributed by atoms with Crippen LogP contribution in [-0.4, -0.2) is 10.9 Å². The fraction of sp³-hybridized carbons (Fsp3) is 0.130. The van der Waals surface area contributed by atoms with Gasteiger partial charge in [-0.3, -0.25) is 4.79 Å². The summed E-state index contributed by atoms with van der Waals surface area (Å²) in [6.45, 7) is 2.05. The summed E-state index contributed by atoms with van der Waals surface area (Å²) in [5.41, 5.74) is 1.57. The first-order chi connectivity index (χ1) is 14.6. The number of nitrogens with one attached hydrogen (secondary N) is 2. The van der Waals surface area contributed by atoms with E-state index in [1.54, 1.807) is 24.4 Å². The Bertz CT molecular complexity index is 1130. The lowest BCUT2D eigenvalue weighted by atomic mass is 9.99. The van der Waals surface area contributed by atoms with Crippen LogP contribution in [0.4, 0.5) is 15.2 Å². The van der Waals surface area contributed by atoms with Crippen LogP contribution in [0, 0.1) is 5.82 Å². The Hall–Kier alpha value is -3.45. The summed E-state index contributed by atoms with van der Waals surface area (Å²) in [6, 6.07) is 16.9. The van der Waals surface area contributed by atoms with E-state index in [9.17, 15) is 9.18 Å². The maximum absolute atomic E-state index is 14.0. The largest absolute Gasteiger partial charge is 0.459 e. The summed E-state index contributed by atoms with van der Waals surface area (Å²) < 4.78 is 19.2. The maximum Gasteiger partial charge on any atom is 0.291 e. The Morgan fingerprint density at radius 2 is 2.07 bits per heavy atom. The Morgan fingerprint density at radius 3 is 2.77 bits per heavy atom. The fourth-order valence-corrected chi connectivity index (χ4v) is 4.17. The molecule has 1 atom stereocenters. The molecule has 7 heteroatoms. The quantitative estimate of drug-likeness (QED) is 0.390.